The molecule has 0 aliphatic carbocycles. The van der Waals surface area contributed by atoms with Crippen molar-refractivity contribution in [1.82, 2.24) is 4.90 Å². The SMILES string of the molecule is COc1ccc(Br)cc1/C=C1\CN(C)C/C(=C\c2cc(Br)ccc2OC)C1=O. The number of halogens is 2. The third kappa shape index (κ3) is 4.74. The van der Waals surface area contributed by atoms with Gasteiger partial charge in [0.2, 0.25) is 0 Å². The van der Waals surface area contributed by atoms with Crippen molar-refractivity contribution >= 4 is 49.8 Å². The maximum atomic E-state index is 13.2. The Morgan fingerprint density at radius 1 is 0.857 bits per heavy atom. The van der Waals surface area contributed by atoms with Gasteiger partial charge in [0.25, 0.3) is 0 Å². The van der Waals surface area contributed by atoms with Gasteiger partial charge in [-0.15, -0.1) is 0 Å². The molecule has 146 valence electrons. The van der Waals surface area contributed by atoms with Crippen LogP contribution in [-0.4, -0.2) is 45.0 Å². The van der Waals surface area contributed by atoms with E-state index in [2.05, 4.69) is 36.8 Å². The standard InChI is InChI=1S/C22H21Br2NO3/c1-25-12-16(8-14-10-18(23)4-6-20(14)27-2)22(26)17(13-25)9-15-11-19(24)5-7-21(15)28-3/h4-11H,12-13H2,1-3H3/b16-8+,17-9+. The van der Waals surface area contributed by atoms with Gasteiger partial charge in [0.1, 0.15) is 11.5 Å². The van der Waals surface area contributed by atoms with Crippen LogP contribution in [0.3, 0.4) is 0 Å². The summed E-state index contributed by atoms with van der Waals surface area (Å²) in [7, 11) is 5.26. The second-order valence-corrected chi connectivity index (χ2v) is 8.44. The predicted molar refractivity (Wildman–Crippen MR) is 120 cm³/mol. The number of methoxy groups -OCH3 is 2. The number of carbonyl (C=O) groups is 1. The zero-order valence-electron chi connectivity index (χ0n) is 16.0. The second kappa shape index (κ2) is 9.07. The average Bonchev–Trinajstić information content (AvgIpc) is 2.66. The Balaban J connectivity index is 2.02. The highest BCUT2D eigenvalue weighted by molar-refractivity contribution is 9.10. The van der Waals surface area contributed by atoms with Crippen LogP contribution in [-0.2, 0) is 4.79 Å². The fourth-order valence-electron chi connectivity index (χ4n) is 3.22. The molecule has 0 bridgehead atoms. The zero-order valence-corrected chi connectivity index (χ0v) is 19.1. The first-order valence-corrected chi connectivity index (χ1v) is 10.3. The van der Waals surface area contributed by atoms with Crippen LogP contribution in [0.4, 0.5) is 0 Å². The number of nitrogens with zero attached hydrogens (tertiary/aromatic N) is 1. The van der Waals surface area contributed by atoms with Crippen molar-refractivity contribution in [3.05, 3.63) is 67.6 Å². The molecular weight excluding hydrogens is 486 g/mol. The minimum Gasteiger partial charge on any atom is -0.496 e. The van der Waals surface area contributed by atoms with Crippen molar-refractivity contribution in [1.29, 1.82) is 0 Å². The van der Waals surface area contributed by atoms with E-state index in [9.17, 15) is 4.79 Å². The summed E-state index contributed by atoms with van der Waals surface area (Å²) in [5.41, 5.74) is 3.19. The lowest BCUT2D eigenvalue weighted by molar-refractivity contribution is -0.113. The molecule has 2 aromatic rings. The molecule has 1 aliphatic heterocycles. The largest absolute Gasteiger partial charge is 0.496 e. The summed E-state index contributed by atoms with van der Waals surface area (Å²) >= 11 is 6.97. The van der Waals surface area contributed by atoms with E-state index in [1.807, 2.05) is 55.6 Å². The van der Waals surface area contributed by atoms with E-state index < -0.39 is 0 Å². The van der Waals surface area contributed by atoms with Crippen LogP contribution in [0.25, 0.3) is 12.2 Å². The lowest BCUT2D eigenvalue weighted by Gasteiger charge is -2.26. The van der Waals surface area contributed by atoms with Gasteiger partial charge in [0.15, 0.2) is 5.78 Å². The molecule has 0 spiro atoms. The van der Waals surface area contributed by atoms with Gasteiger partial charge in [-0.25, -0.2) is 0 Å². The number of likely N-dealkylation sites (N-methyl/N-ethyl adjacent to an activating group) is 1. The summed E-state index contributed by atoms with van der Waals surface area (Å²) in [6.45, 7) is 1.17. The number of rotatable bonds is 4. The lowest BCUT2D eigenvalue weighted by Crippen LogP contribution is -2.34. The fourth-order valence-corrected chi connectivity index (χ4v) is 3.98. The summed E-state index contributed by atoms with van der Waals surface area (Å²) < 4.78 is 12.8. The number of hydrogen-bond donors (Lipinski definition) is 0. The number of Topliss-reactive ketones (excluding diaryl/α,β-unsaturated/α-hetero) is 1. The molecule has 0 amide bonds. The highest BCUT2D eigenvalue weighted by Crippen LogP contribution is 2.30. The van der Waals surface area contributed by atoms with Crippen molar-refractivity contribution in [3.63, 3.8) is 0 Å². The lowest BCUT2D eigenvalue weighted by atomic mass is 9.94. The van der Waals surface area contributed by atoms with E-state index >= 15 is 0 Å². The highest BCUT2D eigenvalue weighted by Gasteiger charge is 2.24. The molecule has 0 N–H and O–H groups in total. The van der Waals surface area contributed by atoms with E-state index in [1.165, 1.54) is 0 Å². The smallest absolute Gasteiger partial charge is 0.187 e. The normalized spacial score (nSPS) is 18.0. The Morgan fingerprint density at radius 2 is 1.29 bits per heavy atom. The maximum absolute atomic E-state index is 13.2. The first-order chi connectivity index (χ1) is 13.4. The average molecular weight is 507 g/mol. The second-order valence-electron chi connectivity index (χ2n) is 6.61. The molecule has 0 saturated carbocycles. The third-order valence-corrected chi connectivity index (χ3v) is 5.49. The molecule has 0 radical (unpaired) electrons. The Kier molecular flexibility index (Phi) is 6.75. The quantitative estimate of drug-likeness (QED) is 0.533. The number of benzene rings is 2. The van der Waals surface area contributed by atoms with Crippen LogP contribution in [0.1, 0.15) is 11.1 Å². The Labute approximate surface area is 182 Å². The van der Waals surface area contributed by atoms with Crippen molar-refractivity contribution < 1.29 is 14.3 Å². The van der Waals surface area contributed by atoms with E-state index in [-0.39, 0.29) is 5.78 Å². The highest BCUT2D eigenvalue weighted by atomic mass is 79.9. The summed E-state index contributed by atoms with van der Waals surface area (Å²) in [6, 6.07) is 11.5. The van der Waals surface area contributed by atoms with Gasteiger partial charge < -0.3 is 9.47 Å². The van der Waals surface area contributed by atoms with Crippen LogP contribution in [0.15, 0.2) is 56.5 Å². The number of piperidine rings is 1. The van der Waals surface area contributed by atoms with Crippen LogP contribution in [0, 0.1) is 0 Å². The molecule has 28 heavy (non-hydrogen) atoms. The first kappa shape index (κ1) is 20.8. The zero-order chi connectivity index (χ0) is 20.3. The number of likely N-dealkylation sites (tertiary alicyclic amines) is 1. The van der Waals surface area contributed by atoms with Gasteiger partial charge in [-0.3, -0.25) is 9.69 Å². The minimum atomic E-state index is 0.0437. The van der Waals surface area contributed by atoms with Gasteiger partial charge in [0.05, 0.1) is 14.2 Å². The molecule has 6 heteroatoms. The van der Waals surface area contributed by atoms with Crippen LogP contribution in [0.5, 0.6) is 11.5 Å². The van der Waals surface area contributed by atoms with Gasteiger partial charge in [-0.05, 0) is 55.6 Å². The van der Waals surface area contributed by atoms with Gasteiger partial charge in [0, 0.05) is 44.3 Å². The molecule has 1 saturated heterocycles. The Morgan fingerprint density at radius 3 is 1.68 bits per heavy atom. The molecule has 1 heterocycles. The number of carbonyl (C=O) groups excluding carboxylic acids is 1. The van der Waals surface area contributed by atoms with Crippen molar-refractivity contribution in [2.75, 3.05) is 34.4 Å². The van der Waals surface area contributed by atoms with Crippen molar-refractivity contribution in [3.8, 4) is 11.5 Å². The van der Waals surface area contributed by atoms with Gasteiger partial charge in [-0.2, -0.15) is 0 Å². The first-order valence-electron chi connectivity index (χ1n) is 8.72. The van der Waals surface area contributed by atoms with Gasteiger partial charge in [-0.1, -0.05) is 31.9 Å². The van der Waals surface area contributed by atoms with Crippen LogP contribution < -0.4 is 9.47 Å². The fraction of sp³-hybridized carbons (Fsp3) is 0.227. The van der Waals surface area contributed by atoms with Crippen LogP contribution in [0.2, 0.25) is 0 Å². The molecule has 4 nitrogen and oxygen atoms in total. The number of hydrogen-bond acceptors (Lipinski definition) is 4. The molecule has 1 fully saturated rings. The third-order valence-electron chi connectivity index (χ3n) is 4.51. The topological polar surface area (TPSA) is 38.8 Å². The van der Waals surface area contributed by atoms with E-state index in [4.69, 9.17) is 9.47 Å². The van der Waals surface area contributed by atoms with Crippen molar-refractivity contribution in [2.45, 2.75) is 0 Å². The monoisotopic (exact) mass is 505 g/mol. The van der Waals surface area contributed by atoms with E-state index in [0.717, 1.165) is 42.7 Å². The molecule has 0 unspecified atom stereocenters. The van der Waals surface area contributed by atoms with E-state index in [1.54, 1.807) is 14.2 Å². The summed E-state index contributed by atoms with van der Waals surface area (Å²) in [4.78, 5) is 15.3. The summed E-state index contributed by atoms with van der Waals surface area (Å²) in [5, 5.41) is 0. The van der Waals surface area contributed by atoms with Crippen LogP contribution >= 0.6 is 31.9 Å². The van der Waals surface area contributed by atoms with Crippen molar-refractivity contribution in [2.24, 2.45) is 0 Å². The maximum Gasteiger partial charge on any atom is 0.187 e. The molecule has 1 aliphatic rings. The minimum absolute atomic E-state index is 0.0437. The number of ketones is 1. The molecule has 2 aromatic carbocycles. The molecule has 3 rings (SSSR count). The Bertz CT molecular complexity index is 891. The summed E-state index contributed by atoms with van der Waals surface area (Å²) in [6.07, 6.45) is 3.82. The molecule has 0 aromatic heterocycles. The predicted octanol–water partition coefficient (Wildman–Crippen LogP) is 5.21. The van der Waals surface area contributed by atoms with E-state index in [0.29, 0.717) is 13.1 Å². The summed E-state index contributed by atoms with van der Waals surface area (Å²) in [5.74, 6) is 1.51. The molecule has 0 atom stereocenters. The Hall–Kier alpha value is -1.89. The number of ether oxygens (including phenoxy) is 2. The van der Waals surface area contributed by atoms with Gasteiger partial charge >= 0.3 is 0 Å². The molecular formula is C22H21Br2NO3.